The summed E-state index contributed by atoms with van der Waals surface area (Å²) in [6.07, 6.45) is 5.10. The van der Waals surface area contributed by atoms with Crippen molar-refractivity contribution < 1.29 is 14.7 Å². The van der Waals surface area contributed by atoms with Gasteiger partial charge in [-0.2, -0.15) is 0 Å². The first-order valence-corrected chi connectivity index (χ1v) is 16.5. The van der Waals surface area contributed by atoms with Crippen LogP contribution in [-0.4, -0.2) is 39.3 Å². The average molecular weight is 593 g/mol. The minimum atomic E-state index is -0.574. The molecule has 1 aromatic heterocycles. The second kappa shape index (κ2) is 13.4. The van der Waals surface area contributed by atoms with Gasteiger partial charge in [0.15, 0.2) is 5.78 Å². The Morgan fingerprint density at radius 1 is 0.953 bits per heavy atom. The van der Waals surface area contributed by atoms with Crippen molar-refractivity contribution in [2.75, 3.05) is 6.54 Å². The number of hydrogen-bond acceptors (Lipinski definition) is 5. The zero-order valence-corrected chi connectivity index (χ0v) is 25.6. The maximum atomic E-state index is 13.8. The molecule has 1 amide bonds. The number of benzene rings is 3. The lowest BCUT2D eigenvalue weighted by atomic mass is 9.81. The number of carbonyl (C=O) groups is 2. The Morgan fingerprint density at radius 2 is 1.70 bits per heavy atom. The van der Waals surface area contributed by atoms with E-state index in [9.17, 15) is 14.7 Å². The normalized spacial score (nSPS) is 21.5. The van der Waals surface area contributed by atoms with E-state index in [1.54, 1.807) is 29.5 Å². The van der Waals surface area contributed by atoms with Crippen LogP contribution >= 0.6 is 11.3 Å². The number of ketones is 1. The van der Waals surface area contributed by atoms with Gasteiger partial charge in [-0.1, -0.05) is 72.8 Å². The van der Waals surface area contributed by atoms with Gasteiger partial charge in [-0.15, -0.1) is 11.3 Å². The highest BCUT2D eigenvalue weighted by molar-refractivity contribution is 7.09. The molecule has 5 nitrogen and oxygen atoms in total. The fourth-order valence-electron chi connectivity index (χ4n) is 7.11. The summed E-state index contributed by atoms with van der Waals surface area (Å²) in [4.78, 5) is 34.0. The van der Waals surface area contributed by atoms with E-state index in [1.807, 2.05) is 47.5 Å². The van der Waals surface area contributed by atoms with E-state index in [4.69, 9.17) is 0 Å². The fraction of sp³-hybridized carbons (Fsp3) is 0.378. The zero-order valence-electron chi connectivity index (χ0n) is 24.8. The van der Waals surface area contributed by atoms with Gasteiger partial charge >= 0.3 is 0 Å². The quantitative estimate of drug-likeness (QED) is 0.191. The lowest BCUT2D eigenvalue weighted by molar-refractivity contribution is 0.0451. The Morgan fingerprint density at radius 3 is 2.44 bits per heavy atom. The van der Waals surface area contributed by atoms with Crippen LogP contribution in [-0.2, 0) is 6.42 Å². The molecule has 1 aliphatic heterocycles. The molecular formula is C37H40N2O3S. The van der Waals surface area contributed by atoms with E-state index in [1.165, 1.54) is 5.56 Å². The maximum absolute atomic E-state index is 13.8. The number of carbonyl (C=O) groups excluding carboxylic acids is 2. The first-order valence-electron chi connectivity index (χ1n) is 15.6. The number of likely N-dealkylation sites (tertiary alicyclic amines) is 1. The van der Waals surface area contributed by atoms with Gasteiger partial charge in [0, 0.05) is 35.2 Å². The van der Waals surface area contributed by atoms with Gasteiger partial charge in [-0.05, 0) is 86.5 Å². The molecule has 6 heteroatoms. The Bertz CT molecular complexity index is 1540. The number of aliphatic hydroxyl groups is 1. The first-order chi connectivity index (χ1) is 21.0. The molecule has 5 atom stereocenters. The third kappa shape index (κ3) is 6.81. The third-order valence-electron chi connectivity index (χ3n) is 9.37. The smallest absolute Gasteiger partial charge is 0.254 e. The Balaban J connectivity index is 1.18. The van der Waals surface area contributed by atoms with E-state index < -0.39 is 6.10 Å². The van der Waals surface area contributed by atoms with E-state index in [0.29, 0.717) is 30.0 Å². The number of amides is 1. The molecule has 0 spiro atoms. The highest BCUT2D eigenvalue weighted by Gasteiger charge is 2.36. The lowest BCUT2D eigenvalue weighted by Crippen LogP contribution is -2.32. The van der Waals surface area contributed by atoms with Crippen LogP contribution in [0.4, 0.5) is 0 Å². The summed E-state index contributed by atoms with van der Waals surface area (Å²) in [5, 5.41) is 14.8. The second-order valence-corrected chi connectivity index (χ2v) is 13.2. The molecule has 3 aromatic carbocycles. The first kappa shape index (κ1) is 29.5. The zero-order chi connectivity index (χ0) is 29.8. The lowest BCUT2D eigenvalue weighted by Gasteiger charge is -2.28. The molecule has 0 radical (unpaired) electrons. The molecule has 1 aliphatic carbocycles. The highest BCUT2D eigenvalue weighted by Crippen LogP contribution is 2.42. The number of thiazole rings is 1. The van der Waals surface area contributed by atoms with E-state index in [2.05, 4.69) is 41.4 Å². The molecule has 2 fully saturated rings. The summed E-state index contributed by atoms with van der Waals surface area (Å²) < 4.78 is 0. The topological polar surface area (TPSA) is 70.5 Å². The van der Waals surface area contributed by atoms with Crippen molar-refractivity contribution >= 4 is 23.0 Å². The molecule has 0 bridgehead atoms. The number of hydrogen-bond donors (Lipinski definition) is 1. The Labute approximate surface area is 258 Å². The SMILES string of the molecule is Cc1csc([C@H]2CCCN2C(=O)c2cccc(C(=O)C[C@@H](Cc3ccccc3)[C@H](O)[C@@H]3CC[C@H](c4ccccc4)C3)c2)n1. The summed E-state index contributed by atoms with van der Waals surface area (Å²) in [5.41, 5.74) is 4.50. The molecule has 1 saturated carbocycles. The van der Waals surface area contributed by atoms with Crippen LogP contribution in [0.2, 0.25) is 0 Å². The highest BCUT2D eigenvalue weighted by atomic mass is 32.1. The number of Topliss-reactive ketones (excluding diaryl/α,β-unsaturated/α-hetero) is 1. The van der Waals surface area contributed by atoms with Gasteiger partial charge in [0.1, 0.15) is 5.01 Å². The number of aryl methyl sites for hydroxylation is 1. The number of aromatic nitrogens is 1. The molecule has 43 heavy (non-hydrogen) atoms. The van der Waals surface area contributed by atoms with Crippen molar-refractivity contribution in [1.82, 2.24) is 9.88 Å². The molecular weight excluding hydrogens is 552 g/mol. The average Bonchev–Trinajstić information content (AvgIpc) is 3.82. The minimum Gasteiger partial charge on any atom is -0.393 e. The minimum absolute atomic E-state index is 0.0120. The number of aliphatic hydroxyl groups excluding tert-OH is 1. The van der Waals surface area contributed by atoms with Crippen molar-refractivity contribution in [2.45, 2.75) is 69.9 Å². The van der Waals surface area contributed by atoms with E-state index in [-0.39, 0.29) is 36.0 Å². The molecule has 0 unspecified atom stereocenters. The van der Waals surface area contributed by atoms with Gasteiger partial charge in [0.05, 0.1) is 12.1 Å². The molecule has 1 N–H and O–H groups in total. The monoisotopic (exact) mass is 592 g/mol. The summed E-state index contributed by atoms with van der Waals surface area (Å²) in [5.74, 6) is 0.315. The van der Waals surface area contributed by atoms with Crippen molar-refractivity contribution in [3.8, 4) is 0 Å². The molecule has 4 aromatic rings. The van der Waals surface area contributed by atoms with Gasteiger partial charge in [0.2, 0.25) is 0 Å². The van der Waals surface area contributed by atoms with Gasteiger partial charge < -0.3 is 10.0 Å². The predicted molar refractivity (Wildman–Crippen MR) is 171 cm³/mol. The van der Waals surface area contributed by atoms with Crippen molar-refractivity contribution in [3.63, 3.8) is 0 Å². The molecule has 1 saturated heterocycles. The summed E-state index contributed by atoms with van der Waals surface area (Å²) in [7, 11) is 0. The third-order valence-corrected chi connectivity index (χ3v) is 10.4. The fourth-order valence-corrected chi connectivity index (χ4v) is 8.05. The van der Waals surface area contributed by atoms with Gasteiger partial charge in [-0.3, -0.25) is 9.59 Å². The molecule has 222 valence electrons. The van der Waals surface area contributed by atoms with Crippen LogP contribution in [0.3, 0.4) is 0 Å². The maximum Gasteiger partial charge on any atom is 0.254 e. The molecule has 6 rings (SSSR count). The second-order valence-electron chi connectivity index (χ2n) is 12.3. The largest absolute Gasteiger partial charge is 0.393 e. The Kier molecular flexibility index (Phi) is 9.15. The standard InChI is InChI=1S/C37H40N2O3S/c1-25-24-43-36(38-25)33-16-9-19-39(33)37(42)31-15-8-14-29(22-31)34(40)23-32(20-26-10-4-2-5-11-26)35(41)30-18-17-28(21-30)27-12-6-3-7-13-27/h2-8,10-15,22,24,28,30,32-33,35,41H,9,16-21,23H2,1H3/t28-,30+,32+,33+,35+/m0/s1. The predicted octanol–water partition coefficient (Wildman–Crippen LogP) is 7.81. The summed E-state index contributed by atoms with van der Waals surface area (Å²) in [6, 6.07) is 27.9. The van der Waals surface area contributed by atoms with Crippen LogP contribution in [0.25, 0.3) is 0 Å². The van der Waals surface area contributed by atoms with Crippen molar-refractivity contribution in [3.05, 3.63) is 123 Å². The van der Waals surface area contributed by atoms with Gasteiger partial charge in [0.25, 0.3) is 5.91 Å². The van der Waals surface area contributed by atoms with Crippen molar-refractivity contribution in [1.29, 1.82) is 0 Å². The number of rotatable bonds is 10. The summed E-state index contributed by atoms with van der Waals surface area (Å²) in [6.45, 7) is 2.67. The molecule has 2 heterocycles. The van der Waals surface area contributed by atoms with Crippen LogP contribution < -0.4 is 0 Å². The van der Waals surface area contributed by atoms with Gasteiger partial charge in [-0.25, -0.2) is 4.98 Å². The van der Waals surface area contributed by atoms with Crippen LogP contribution in [0.1, 0.15) is 93.0 Å². The van der Waals surface area contributed by atoms with E-state index >= 15 is 0 Å². The van der Waals surface area contributed by atoms with E-state index in [0.717, 1.165) is 48.4 Å². The Hall–Kier alpha value is -3.61. The molecule has 2 aliphatic rings. The summed E-state index contributed by atoms with van der Waals surface area (Å²) >= 11 is 1.61. The van der Waals surface area contributed by atoms with Crippen LogP contribution in [0.15, 0.2) is 90.3 Å². The number of nitrogens with zero attached hydrogens (tertiary/aromatic N) is 2. The van der Waals surface area contributed by atoms with Crippen LogP contribution in [0.5, 0.6) is 0 Å². The van der Waals surface area contributed by atoms with Crippen LogP contribution in [0, 0.1) is 18.8 Å². The van der Waals surface area contributed by atoms with Crippen molar-refractivity contribution in [2.24, 2.45) is 11.8 Å².